The summed E-state index contributed by atoms with van der Waals surface area (Å²) in [4.78, 5) is 28.4. The van der Waals surface area contributed by atoms with E-state index in [0.717, 1.165) is 43.7 Å². The number of anilines is 2. The fourth-order valence-electron chi connectivity index (χ4n) is 3.48. The zero-order valence-electron chi connectivity index (χ0n) is 16.7. The van der Waals surface area contributed by atoms with Crippen molar-refractivity contribution in [2.75, 3.05) is 49.5 Å². The summed E-state index contributed by atoms with van der Waals surface area (Å²) in [5.74, 6) is 0.230. The fourth-order valence-corrected chi connectivity index (χ4v) is 3.48. The molecule has 1 fully saturated rings. The number of aromatic nitrogens is 2. The molecule has 1 aliphatic rings. The molecule has 0 atom stereocenters. The monoisotopic (exact) mass is 400 g/mol. The highest BCUT2D eigenvalue weighted by Gasteiger charge is 2.20. The number of halogens is 1. The van der Waals surface area contributed by atoms with E-state index < -0.39 is 5.82 Å². The Morgan fingerprint density at radius 1 is 1.10 bits per heavy atom. The second-order valence-corrected chi connectivity index (χ2v) is 7.16. The molecule has 8 nitrogen and oxygen atoms in total. The Balaban J connectivity index is 1.47. The van der Waals surface area contributed by atoms with Gasteiger partial charge < -0.3 is 10.2 Å². The topological polar surface area (TPSA) is 86.3 Å². The number of nitrogens with one attached hydrogen (secondary N) is 1. The molecule has 1 N–H and O–H groups in total. The molecule has 1 saturated heterocycles. The number of benzene rings is 1. The number of piperazine rings is 1. The molecule has 0 amide bonds. The van der Waals surface area contributed by atoms with Gasteiger partial charge in [-0.1, -0.05) is 0 Å². The van der Waals surface area contributed by atoms with E-state index in [1.807, 2.05) is 6.07 Å². The second kappa shape index (κ2) is 8.92. The van der Waals surface area contributed by atoms with Crippen molar-refractivity contribution in [2.24, 2.45) is 14.1 Å². The molecular weight excluding hydrogens is 375 g/mol. The number of nitriles is 1. The summed E-state index contributed by atoms with van der Waals surface area (Å²) in [6.45, 7) is 4.62. The van der Waals surface area contributed by atoms with Crippen molar-refractivity contribution < 1.29 is 4.39 Å². The van der Waals surface area contributed by atoms with Gasteiger partial charge in [0.05, 0.1) is 17.3 Å². The van der Waals surface area contributed by atoms with Crippen molar-refractivity contribution in [3.63, 3.8) is 0 Å². The molecule has 9 heteroatoms. The minimum absolute atomic E-state index is 0.299. The molecule has 2 aromatic rings. The molecule has 2 heterocycles. The van der Waals surface area contributed by atoms with Crippen molar-refractivity contribution >= 4 is 11.5 Å². The minimum atomic E-state index is -0.419. The maximum atomic E-state index is 13.9. The van der Waals surface area contributed by atoms with Crippen LogP contribution in [0.5, 0.6) is 0 Å². The van der Waals surface area contributed by atoms with E-state index in [9.17, 15) is 14.0 Å². The third-order valence-corrected chi connectivity index (χ3v) is 5.26. The molecule has 1 aromatic carbocycles. The van der Waals surface area contributed by atoms with Crippen LogP contribution in [0.3, 0.4) is 0 Å². The van der Waals surface area contributed by atoms with Crippen LogP contribution in [0.1, 0.15) is 12.0 Å². The van der Waals surface area contributed by atoms with Gasteiger partial charge in [-0.2, -0.15) is 5.26 Å². The summed E-state index contributed by atoms with van der Waals surface area (Å²) in [6, 6.07) is 7.83. The van der Waals surface area contributed by atoms with E-state index in [4.69, 9.17) is 5.26 Å². The van der Waals surface area contributed by atoms with Crippen molar-refractivity contribution in [1.29, 1.82) is 5.26 Å². The first-order valence-electron chi connectivity index (χ1n) is 9.58. The SMILES string of the molecule is Cn1c(N2CCN(CCCNc3ccc(C#N)cc3F)CC2)cc(=O)n(C)c1=O. The van der Waals surface area contributed by atoms with Gasteiger partial charge in [0.25, 0.3) is 5.56 Å². The molecule has 3 rings (SSSR count). The van der Waals surface area contributed by atoms with Gasteiger partial charge >= 0.3 is 5.69 Å². The molecular formula is C20H25FN6O2. The molecule has 154 valence electrons. The van der Waals surface area contributed by atoms with Gasteiger partial charge in [-0.05, 0) is 31.2 Å². The van der Waals surface area contributed by atoms with Crippen LogP contribution in [-0.2, 0) is 14.1 Å². The number of hydrogen-bond donors (Lipinski definition) is 1. The van der Waals surface area contributed by atoms with Crippen molar-refractivity contribution in [3.05, 3.63) is 56.5 Å². The summed E-state index contributed by atoms with van der Waals surface area (Å²) in [7, 11) is 3.15. The third-order valence-electron chi connectivity index (χ3n) is 5.26. The quantitative estimate of drug-likeness (QED) is 0.719. The molecule has 1 aromatic heterocycles. The first-order chi connectivity index (χ1) is 13.9. The number of nitrogens with zero attached hydrogens (tertiary/aromatic N) is 5. The lowest BCUT2D eigenvalue weighted by molar-refractivity contribution is 0.256. The average Bonchev–Trinajstić information content (AvgIpc) is 2.73. The van der Waals surface area contributed by atoms with Gasteiger partial charge in [0.2, 0.25) is 0 Å². The standard InChI is InChI=1S/C20H25FN6O2/c1-24-18(13-19(28)25(2)20(24)29)27-10-8-26(9-11-27)7-3-6-23-17-5-4-15(14-22)12-16(17)21/h4-5,12-13,23H,3,6-11H2,1-2H3. The Morgan fingerprint density at radius 2 is 1.83 bits per heavy atom. The Kier molecular flexibility index (Phi) is 6.34. The van der Waals surface area contributed by atoms with Gasteiger partial charge in [-0.15, -0.1) is 0 Å². The molecule has 0 radical (unpaired) electrons. The summed E-state index contributed by atoms with van der Waals surface area (Å²) in [5, 5.41) is 11.8. The highest BCUT2D eigenvalue weighted by atomic mass is 19.1. The van der Waals surface area contributed by atoms with Crippen LogP contribution in [0, 0.1) is 17.1 Å². The zero-order chi connectivity index (χ0) is 21.0. The summed E-state index contributed by atoms with van der Waals surface area (Å²) in [6.07, 6.45) is 0.851. The van der Waals surface area contributed by atoms with Crippen molar-refractivity contribution in [2.45, 2.75) is 6.42 Å². The van der Waals surface area contributed by atoms with E-state index in [-0.39, 0.29) is 11.2 Å². The molecule has 1 aliphatic heterocycles. The normalized spacial score (nSPS) is 14.6. The Bertz CT molecular complexity index is 1030. The first-order valence-corrected chi connectivity index (χ1v) is 9.58. The van der Waals surface area contributed by atoms with Gasteiger partial charge in [0.15, 0.2) is 0 Å². The lowest BCUT2D eigenvalue weighted by Gasteiger charge is -2.36. The van der Waals surface area contributed by atoms with Crippen LogP contribution < -0.4 is 21.5 Å². The molecule has 0 aliphatic carbocycles. The maximum Gasteiger partial charge on any atom is 0.332 e. The zero-order valence-corrected chi connectivity index (χ0v) is 16.7. The fraction of sp³-hybridized carbons (Fsp3) is 0.450. The summed E-state index contributed by atoms with van der Waals surface area (Å²) >= 11 is 0. The number of rotatable bonds is 6. The second-order valence-electron chi connectivity index (χ2n) is 7.16. The van der Waals surface area contributed by atoms with E-state index in [0.29, 0.717) is 23.6 Å². The molecule has 0 saturated carbocycles. The number of hydrogen-bond acceptors (Lipinski definition) is 6. The van der Waals surface area contributed by atoms with Crippen LogP contribution in [0.25, 0.3) is 0 Å². The third kappa shape index (κ3) is 4.66. The van der Waals surface area contributed by atoms with E-state index >= 15 is 0 Å². The van der Waals surface area contributed by atoms with E-state index in [2.05, 4.69) is 15.1 Å². The summed E-state index contributed by atoms with van der Waals surface area (Å²) in [5.41, 5.74) is 0.0859. The van der Waals surface area contributed by atoms with Crippen molar-refractivity contribution in [3.8, 4) is 6.07 Å². The predicted molar refractivity (Wildman–Crippen MR) is 110 cm³/mol. The molecule has 0 unspecified atom stereocenters. The van der Waals surface area contributed by atoms with Gasteiger partial charge in [-0.3, -0.25) is 18.8 Å². The molecule has 0 spiro atoms. The maximum absolute atomic E-state index is 13.9. The van der Waals surface area contributed by atoms with E-state index in [1.54, 1.807) is 19.2 Å². The molecule has 29 heavy (non-hydrogen) atoms. The highest BCUT2D eigenvalue weighted by Crippen LogP contribution is 2.16. The average molecular weight is 400 g/mol. The largest absolute Gasteiger partial charge is 0.383 e. The lowest BCUT2D eigenvalue weighted by atomic mass is 10.2. The van der Waals surface area contributed by atoms with E-state index in [1.165, 1.54) is 23.7 Å². The summed E-state index contributed by atoms with van der Waals surface area (Å²) < 4.78 is 16.5. The lowest BCUT2D eigenvalue weighted by Crippen LogP contribution is -2.49. The Morgan fingerprint density at radius 3 is 2.48 bits per heavy atom. The van der Waals surface area contributed by atoms with Crippen LogP contribution in [0.2, 0.25) is 0 Å². The minimum Gasteiger partial charge on any atom is -0.383 e. The first kappa shape index (κ1) is 20.6. The van der Waals surface area contributed by atoms with Gasteiger partial charge in [-0.25, -0.2) is 9.18 Å². The van der Waals surface area contributed by atoms with Crippen molar-refractivity contribution in [1.82, 2.24) is 14.0 Å². The smallest absolute Gasteiger partial charge is 0.332 e. The Labute approximate surface area is 168 Å². The van der Waals surface area contributed by atoms with Crippen LogP contribution in [0.4, 0.5) is 15.9 Å². The van der Waals surface area contributed by atoms with Gasteiger partial charge in [0, 0.05) is 52.9 Å². The molecule has 0 bridgehead atoms. The van der Waals surface area contributed by atoms with Crippen LogP contribution in [0.15, 0.2) is 33.9 Å². The van der Waals surface area contributed by atoms with Crippen LogP contribution >= 0.6 is 0 Å². The van der Waals surface area contributed by atoms with Gasteiger partial charge in [0.1, 0.15) is 11.6 Å². The van der Waals surface area contributed by atoms with Crippen LogP contribution in [-0.4, -0.2) is 53.3 Å². The Hall–Kier alpha value is -3.12. The predicted octanol–water partition coefficient (Wildman–Crippen LogP) is 0.719. The highest BCUT2D eigenvalue weighted by molar-refractivity contribution is 5.48.